The van der Waals surface area contributed by atoms with Gasteiger partial charge in [0.15, 0.2) is 0 Å². The highest BCUT2D eigenvalue weighted by Gasteiger charge is 1.92. The van der Waals surface area contributed by atoms with Crippen LogP contribution in [-0.4, -0.2) is 9.52 Å². The molecule has 0 heterocycles. The molecule has 0 saturated carbocycles. The quantitative estimate of drug-likeness (QED) is 0.480. The average molecular weight is 192 g/mol. The van der Waals surface area contributed by atoms with E-state index in [9.17, 15) is 0 Å². The first-order valence-electron chi connectivity index (χ1n) is 5.47. The molecule has 0 aliphatic heterocycles. The Morgan fingerprint density at radius 3 is 2.54 bits per heavy atom. The monoisotopic (exact) mass is 192 g/mol. The number of hydrogen-bond donors (Lipinski definition) is 0. The Morgan fingerprint density at radius 1 is 1.08 bits per heavy atom. The zero-order chi connectivity index (χ0) is 9.36. The van der Waals surface area contributed by atoms with Gasteiger partial charge in [-0.15, -0.1) is 0 Å². The summed E-state index contributed by atoms with van der Waals surface area (Å²) in [4.78, 5) is 0. The zero-order valence-corrected chi connectivity index (χ0v) is 10.0. The van der Waals surface area contributed by atoms with E-state index in [2.05, 4.69) is 37.3 Å². The van der Waals surface area contributed by atoms with Crippen molar-refractivity contribution in [2.45, 2.75) is 38.3 Å². The number of rotatable bonds is 6. The van der Waals surface area contributed by atoms with Gasteiger partial charge in [0, 0.05) is 9.52 Å². The second-order valence-corrected chi connectivity index (χ2v) is 5.77. The summed E-state index contributed by atoms with van der Waals surface area (Å²) in [7, 11) is 0.295. The molecule has 1 rings (SSSR count). The van der Waals surface area contributed by atoms with Crippen molar-refractivity contribution >= 4 is 9.52 Å². The minimum Gasteiger partial charge on any atom is -0.0657 e. The Balaban J connectivity index is 2.07. The van der Waals surface area contributed by atoms with Crippen LogP contribution in [0.15, 0.2) is 30.3 Å². The number of hydrogen-bond acceptors (Lipinski definition) is 0. The molecular weight excluding hydrogens is 172 g/mol. The first kappa shape index (κ1) is 10.5. The Bertz CT molecular complexity index is 206. The highest BCUT2D eigenvalue weighted by Crippen LogP contribution is 2.05. The van der Waals surface area contributed by atoms with Crippen molar-refractivity contribution in [1.82, 2.24) is 0 Å². The predicted molar refractivity (Wildman–Crippen MR) is 63.2 cm³/mol. The van der Waals surface area contributed by atoms with Crippen LogP contribution < -0.4 is 0 Å². The first-order chi connectivity index (χ1) is 6.43. The van der Waals surface area contributed by atoms with Crippen LogP contribution in [0.5, 0.6) is 0 Å². The van der Waals surface area contributed by atoms with Crippen molar-refractivity contribution in [2.75, 3.05) is 0 Å². The first-order valence-corrected chi connectivity index (χ1v) is 7.47. The van der Waals surface area contributed by atoms with E-state index in [4.69, 9.17) is 0 Å². The molecule has 13 heavy (non-hydrogen) atoms. The maximum atomic E-state index is 2.30. The lowest BCUT2D eigenvalue weighted by atomic mass is 10.1. The van der Waals surface area contributed by atoms with E-state index in [0.717, 1.165) is 0 Å². The lowest BCUT2D eigenvalue weighted by Crippen LogP contribution is -1.90. The molecule has 0 aliphatic carbocycles. The molecular formula is C12H20Si. The van der Waals surface area contributed by atoms with E-state index >= 15 is 0 Å². The molecule has 1 heteroatoms. The Labute approximate surface area is 84.2 Å². The minimum absolute atomic E-state index is 0.295. The maximum absolute atomic E-state index is 2.30. The average Bonchev–Trinajstić information content (AvgIpc) is 2.19. The third-order valence-corrected chi connectivity index (χ3v) is 4.62. The molecule has 0 aliphatic rings. The molecule has 0 unspecified atom stereocenters. The normalized spacial score (nSPS) is 11.2. The molecule has 1 aromatic rings. The van der Waals surface area contributed by atoms with Crippen LogP contribution in [0.3, 0.4) is 0 Å². The van der Waals surface area contributed by atoms with Crippen LogP contribution in [-0.2, 0) is 6.42 Å². The van der Waals surface area contributed by atoms with Crippen LogP contribution in [0.2, 0.25) is 12.1 Å². The third-order valence-electron chi connectivity index (χ3n) is 2.41. The fourth-order valence-electron chi connectivity index (χ4n) is 1.58. The van der Waals surface area contributed by atoms with Gasteiger partial charge < -0.3 is 0 Å². The van der Waals surface area contributed by atoms with Crippen LogP contribution in [0, 0.1) is 0 Å². The van der Waals surface area contributed by atoms with Crippen molar-refractivity contribution in [3.05, 3.63) is 35.9 Å². The van der Waals surface area contributed by atoms with E-state index in [1.165, 1.54) is 36.9 Å². The minimum atomic E-state index is 0.295. The topological polar surface area (TPSA) is 0 Å². The van der Waals surface area contributed by atoms with E-state index in [0.29, 0.717) is 9.52 Å². The van der Waals surface area contributed by atoms with Gasteiger partial charge in [0.2, 0.25) is 0 Å². The van der Waals surface area contributed by atoms with Gasteiger partial charge in [0.25, 0.3) is 0 Å². The van der Waals surface area contributed by atoms with Crippen molar-refractivity contribution in [3.8, 4) is 0 Å². The Morgan fingerprint density at radius 2 is 1.85 bits per heavy atom. The van der Waals surface area contributed by atoms with E-state index in [1.807, 2.05) is 0 Å². The van der Waals surface area contributed by atoms with Crippen LogP contribution in [0.25, 0.3) is 0 Å². The second kappa shape index (κ2) is 6.90. The largest absolute Gasteiger partial charge is 0.0657 e. The predicted octanol–water partition coefficient (Wildman–Crippen LogP) is 3.03. The standard InChI is InChI=1S/C12H20Si/c1-2-10-13-11-6-9-12-7-4-3-5-8-12/h3-5,7-8H,2,6,9-11,13H2,1H3. The van der Waals surface area contributed by atoms with Gasteiger partial charge >= 0.3 is 0 Å². The van der Waals surface area contributed by atoms with Gasteiger partial charge in [0.05, 0.1) is 0 Å². The van der Waals surface area contributed by atoms with Crippen LogP contribution >= 0.6 is 0 Å². The molecule has 0 atom stereocenters. The molecule has 1 aromatic carbocycles. The van der Waals surface area contributed by atoms with Gasteiger partial charge in [-0.25, -0.2) is 0 Å². The lowest BCUT2D eigenvalue weighted by molar-refractivity contribution is 0.907. The summed E-state index contributed by atoms with van der Waals surface area (Å²) in [5, 5.41) is 0. The molecule has 0 spiro atoms. The van der Waals surface area contributed by atoms with E-state index in [-0.39, 0.29) is 0 Å². The summed E-state index contributed by atoms with van der Waals surface area (Å²) >= 11 is 0. The Kier molecular flexibility index (Phi) is 5.58. The Hall–Kier alpha value is -0.563. The highest BCUT2D eigenvalue weighted by atomic mass is 28.2. The number of benzene rings is 1. The smallest absolute Gasteiger partial charge is 0.0197 e. The summed E-state index contributed by atoms with van der Waals surface area (Å²) in [6.45, 7) is 2.30. The molecule has 0 amide bonds. The van der Waals surface area contributed by atoms with Crippen molar-refractivity contribution in [2.24, 2.45) is 0 Å². The number of aryl methyl sites for hydroxylation is 1. The fraction of sp³-hybridized carbons (Fsp3) is 0.500. The second-order valence-electron chi connectivity index (χ2n) is 3.65. The summed E-state index contributed by atoms with van der Waals surface area (Å²) < 4.78 is 0. The summed E-state index contributed by atoms with van der Waals surface area (Å²) in [5.41, 5.74) is 1.51. The van der Waals surface area contributed by atoms with E-state index < -0.39 is 0 Å². The molecule has 0 fully saturated rings. The molecule has 72 valence electrons. The van der Waals surface area contributed by atoms with Crippen molar-refractivity contribution < 1.29 is 0 Å². The molecule has 0 aromatic heterocycles. The van der Waals surface area contributed by atoms with Gasteiger partial charge in [-0.05, 0) is 12.0 Å². The molecule has 0 saturated heterocycles. The third kappa shape index (κ3) is 4.89. The highest BCUT2D eigenvalue weighted by molar-refractivity contribution is 6.35. The fourth-order valence-corrected chi connectivity index (χ4v) is 3.03. The maximum Gasteiger partial charge on any atom is 0.0197 e. The van der Waals surface area contributed by atoms with Gasteiger partial charge in [-0.2, -0.15) is 0 Å². The summed E-state index contributed by atoms with van der Waals surface area (Å²) in [5.74, 6) is 0. The lowest BCUT2D eigenvalue weighted by Gasteiger charge is -2.00. The van der Waals surface area contributed by atoms with Crippen LogP contribution in [0.4, 0.5) is 0 Å². The summed E-state index contributed by atoms with van der Waals surface area (Å²) in [6, 6.07) is 13.9. The van der Waals surface area contributed by atoms with Gasteiger partial charge in [0.1, 0.15) is 0 Å². The SMILES string of the molecule is CCC[SiH2]CCCc1ccccc1. The van der Waals surface area contributed by atoms with Crippen LogP contribution in [0.1, 0.15) is 25.3 Å². The van der Waals surface area contributed by atoms with Crippen molar-refractivity contribution in [1.29, 1.82) is 0 Å². The summed E-state index contributed by atoms with van der Waals surface area (Å²) in [6.07, 6.45) is 4.10. The van der Waals surface area contributed by atoms with Gasteiger partial charge in [-0.3, -0.25) is 0 Å². The van der Waals surface area contributed by atoms with E-state index in [1.54, 1.807) is 0 Å². The molecule has 0 N–H and O–H groups in total. The molecule has 0 bridgehead atoms. The van der Waals surface area contributed by atoms with Gasteiger partial charge in [-0.1, -0.05) is 62.2 Å². The molecule has 0 nitrogen and oxygen atoms in total. The zero-order valence-electron chi connectivity index (χ0n) is 8.63. The van der Waals surface area contributed by atoms with Crippen molar-refractivity contribution in [3.63, 3.8) is 0 Å². The molecule has 0 radical (unpaired) electrons.